The molecule has 0 saturated carbocycles. The number of hydrogen-bond donors (Lipinski definition) is 1. The third-order valence-electron chi connectivity index (χ3n) is 2.55. The van der Waals surface area contributed by atoms with Gasteiger partial charge in [0.1, 0.15) is 5.75 Å². The molecule has 1 radical (unpaired) electrons. The van der Waals surface area contributed by atoms with Crippen molar-refractivity contribution in [3.8, 4) is 5.75 Å². The highest BCUT2D eigenvalue weighted by Crippen LogP contribution is 2.29. The minimum Gasteiger partial charge on any atom is -0.541 e. The Kier molecular flexibility index (Phi) is 4.44. The van der Waals surface area contributed by atoms with Gasteiger partial charge < -0.3 is 9.74 Å². The van der Waals surface area contributed by atoms with E-state index in [0.717, 1.165) is 18.0 Å². The van der Waals surface area contributed by atoms with Crippen molar-refractivity contribution in [1.29, 1.82) is 0 Å². The molecule has 0 fully saturated rings. The van der Waals surface area contributed by atoms with Crippen LogP contribution in [0.2, 0.25) is 13.1 Å². The van der Waals surface area contributed by atoms with Crippen LogP contribution in [0, 0.1) is 6.92 Å². The van der Waals surface area contributed by atoms with Crippen molar-refractivity contribution < 1.29 is 4.43 Å². The zero-order valence-electron chi connectivity index (χ0n) is 11.0. The Hall–Kier alpha value is -1.26. The van der Waals surface area contributed by atoms with Crippen molar-refractivity contribution in [3.05, 3.63) is 46.2 Å². The van der Waals surface area contributed by atoms with E-state index in [2.05, 4.69) is 61.0 Å². The lowest BCUT2D eigenvalue weighted by molar-refractivity contribution is 0.577. The van der Waals surface area contributed by atoms with E-state index >= 15 is 0 Å². The number of rotatable bonds is 5. The van der Waals surface area contributed by atoms with E-state index in [0.29, 0.717) is 0 Å². The van der Waals surface area contributed by atoms with Gasteiger partial charge in [-0.2, -0.15) is 0 Å². The third-order valence-corrected chi connectivity index (χ3v) is 4.04. The molecule has 0 aliphatic carbocycles. The highest BCUT2D eigenvalue weighted by molar-refractivity contribution is 7.09. The van der Waals surface area contributed by atoms with Gasteiger partial charge in [0, 0.05) is 11.4 Å². The van der Waals surface area contributed by atoms with E-state index in [1.807, 2.05) is 0 Å². The average molecular weight is 276 g/mol. The number of anilines is 1. The Bertz CT molecular complexity index is 497. The molecule has 2 aromatic rings. The Balaban J connectivity index is 2.13. The molecular formula is C14H18NOSSi. The fourth-order valence-corrected chi connectivity index (χ4v) is 3.05. The summed E-state index contributed by atoms with van der Waals surface area (Å²) in [5, 5.41) is 5.56. The summed E-state index contributed by atoms with van der Waals surface area (Å²) in [5.41, 5.74) is 2.28. The van der Waals surface area contributed by atoms with Gasteiger partial charge in [-0.1, -0.05) is 18.2 Å². The number of thiophene rings is 1. The van der Waals surface area contributed by atoms with Crippen LogP contribution in [-0.4, -0.2) is 9.04 Å². The number of hydrogen-bond acceptors (Lipinski definition) is 3. The van der Waals surface area contributed by atoms with E-state index < -0.39 is 9.04 Å². The molecule has 0 atom stereocenters. The topological polar surface area (TPSA) is 21.3 Å². The molecule has 1 aromatic heterocycles. The Morgan fingerprint density at radius 3 is 2.72 bits per heavy atom. The highest BCUT2D eigenvalue weighted by Gasteiger charge is 2.09. The molecule has 0 aliphatic rings. The van der Waals surface area contributed by atoms with Crippen LogP contribution in [0.15, 0.2) is 35.7 Å². The lowest BCUT2D eigenvalue weighted by atomic mass is 10.2. The van der Waals surface area contributed by atoms with Crippen LogP contribution in [0.1, 0.15) is 10.4 Å². The highest BCUT2D eigenvalue weighted by atomic mass is 32.1. The Labute approximate surface area is 114 Å². The van der Waals surface area contributed by atoms with E-state index in [1.165, 1.54) is 10.4 Å². The molecule has 95 valence electrons. The Morgan fingerprint density at radius 2 is 2.06 bits per heavy atom. The summed E-state index contributed by atoms with van der Waals surface area (Å²) in [6, 6.07) is 10.5. The van der Waals surface area contributed by atoms with Gasteiger partial charge in [0.15, 0.2) is 0 Å². The fourth-order valence-electron chi connectivity index (χ4n) is 1.73. The zero-order chi connectivity index (χ0) is 13.0. The minimum atomic E-state index is -0.740. The molecular weight excluding hydrogens is 258 g/mol. The predicted molar refractivity (Wildman–Crippen MR) is 80.9 cm³/mol. The van der Waals surface area contributed by atoms with Gasteiger partial charge in [0.25, 0.3) is 9.04 Å². The van der Waals surface area contributed by atoms with E-state index in [9.17, 15) is 0 Å². The molecule has 1 N–H and O–H groups in total. The zero-order valence-corrected chi connectivity index (χ0v) is 12.8. The van der Waals surface area contributed by atoms with Crippen LogP contribution in [-0.2, 0) is 6.54 Å². The fraction of sp³-hybridized carbons (Fsp3) is 0.286. The summed E-state index contributed by atoms with van der Waals surface area (Å²) in [5.74, 6) is 1.01. The first-order chi connectivity index (χ1) is 8.66. The van der Waals surface area contributed by atoms with Gasteiger partial charge in [-0.05, 0) is 43.1 Å². The van der Waals surface area contributed by atoms with Crippen molar-refractivity contribution in [1.82, 2.24) is 0 Å². The maximum atomic E-state index is 5.99. The van der Waals surface area contributed by atoms with Crippen LogP contribution in [0.5, 0.6) is 5.75 Å². The molecule has 2 rings (SSSR count). The van der Waals surface area contributed by atoms with Crippen LogP contribution in [0.3, 0.4) is 0 Å². The molecule has 4 heteroatoms. The molecule has 18 heavy (non-hydrogen) atoms. The van der Waals surface area contributed by atoms with Gasteiger partial charge in [-0.25, -0.2) is 0 Å². The standard InChI is InChI=1S/C14H18NOSSi/c1-11-6-4-8-13(14(11)16-18(2)3)15-10-12-7-5-9-17-12/h4-9,15H,10H2,1-3H3. The summed E-state index contributed by atoms with van der Waals surface area (Å²) < 4.78 is 5.99. The van der Waals surface area contributed by atoms with Crippen LogP contribution < -0.4 is 9.74 Å². The predicted octanol–water partition coefficient (Wildman–Crippen LogP) is 4.30. The summed E-state index contributed by atoms with van der Waals surface area (Å²) in [7, 11) is -0.740. The molecule has 0 unspecified atom stereocenters. The lowest BCUT2D eigenvalue weighted by Gasteiger charge is -2.17. The van der Waals surface area contributed by atoms with Gasteiger partial charge in [-0.15, -0.1) is 11.3 Å². The summed E-state index contributed by atoms with van der Waals surface area (Å²) >= 11 is 1.77. The number of para-hydroxylation sites is 1. The van der Waals surface area contributed by atoms with Crippen molar-refractivity contribution in [2.24, 2.45) is 0 Å². The summed E-state index contributed by atoms with van der Waals surface area (Å²) in [4.78, 5) is 1.33. The van der Waals surface area contributed by atoms with Crippen molar-refractivity contribution in [3.63, 3.8) is 0 Å². The maximum Gasteiger partial charge on any atom is 0.274 e. The molecule has 0 amide bonds. The van der Waals surface area contributed by atoms with E-state index in [1.54, 1.807) is 11.3 Å². The van der Waals surface area contributed by atoms with E-state index in [4.69, 9.17) is 4.43 Å². The number of nitrogens with one attached hydrogen (secondary N) is 1. The third kappa shape index (κ3) is 3.37. The first-order valence-corrected chi connectivity index (χ1v) is 9.29. The number of benzene rings is 1. The van der Waals surface area contributed by atoms with Crippen molar-refractivity contribution >= 4 is 26.1 Å². The van der Waals surface area contributed by atoms with Gasteiger partial charge in [0.05, 0.1) is 5.69 Å². The smallest absolute Gasteiger partial charge is 0.274 e. The molecule has 0 bridgehead atoms. The quantitative estimate of drug-likeness (QED) is 0.822. The molecule has 1 aromatic carbocycles. The second kappa shape index (κ2) is 6.07. The van der Waals surface area contributed by atoms with Gasteiger partial charge >= 0.3 is 0 Å². The van der Waals surface area contributed by atoms with Gasteiger partial charge in [-0.3, -0.25) is 0 Å². The van der Waals surface area contributed by atoms with Crippen molar-refractivity contribution in [2.75, 3.05) is 5.32 Å². The molecule has 2 nitrogen and oxygen atoms in total. The van der Waals surface area contributed by atoms with Gasteiger partial charge in [0.2, 0.25) is 0 Å². The molecule has 0 spiro atoms. The number of aryl methyl sites for hydroxylation is 1. The minimum absolute atomic E-state index is 0.740. The first-order valence-electron chi connectivity index (χ1n) is 6.00. The van der Waals surface area contributed by atoms with Crippen molar-refractivity contribution in [2.45, 2.75) is 26.6 Å². The van der Waals surface area contributed by atoms with Crippen LogP contribution in [0.25, 0.3) is 0 Å². The second-order valence-corrected chi connectivity index (χ2v) is 7.45. The summed E-state index contributed by atoms with van der Waals surface area (Å²) in [6.07, 6.45) is 0. The monoisotopic (exact) mass is 276 g/mol. The second-order valence-electron chi connectivity index (χ2n) is 4.39. The van der Waals surface area contributed by atoms with Crippen LogP contribution >= 0.6 is 11.3 Å². The molecule has 0 saturated heterocycles. The first kappa shape index (κ1) is 13.2. The molecule has 0 aliphatic heterocycles. The van der Waals surface area contributed by atoms with E-state index in [-0.39, 0.29) is 0 Å². The normalized spacial score (nSPS) is 10.7. The maximum absolute atomic E-state index is 5.99. The Morgan fingerprint density at radius 1 is 1.22 bits per heavy atom. The average Bonchev–Trinajstić information content (AvgIpc) is 2.82. The summed E-state index contributed by atoms with van der Waals surface area (Å²) in [6.45, 7) is 7.25. The molecule has 1 heterocycles. The lowest BCUT2D eigenvalue weighted by Crippen LogP contribution is -2.13. The van der Waals surface area contributed by atoms with Crippen LogP contribution in [0.4, 0.5) is 5.69 Å². The SMILES string of the molecule is Cc1cccc(NCc2cccs2)c1O[Si](C)C. The largest absolute Gasteiger partial charge is 0.541 e.